The zero-order chi connectivity index (χ0) is 15.0. The molecule has 2 aliphatic rings. The number of hydrogen-bond donors (Lipinski definition) is 1. The van der Waals surface area contributed by atoms with E-state index in [2.05, 4.69) is 57.4 Å². The molecular formula is C16H19IN4. The second kappa shape index (κ2) is 5.71. The number of para-hydroxylation sites is 1. The van der Waals surface area contributed by atoms with Crippen molar-refractivity contribution < 1.29 is 0 Å². The molecule has 2 N–H and O–H groups in total. The van der Waals surface area contributed by atoms with Gasteiger partial charge >= 0.3 is 0 Å². The van der Waals surface area contributed by atoms with Crippen LogP contribution < -0.4 is 10.6 Å². The zero-order valence-corrected chi connectivity index (χ0v) is 14.6. The van der Waals surface area contributed by atoms with E-state index in [-0.39, 0.29) is 21.0 Å². The van der Waals surface area contributed by atoms with Crippen LogP contribution in [0.3, 0.4) is 0 Å². The number of nitrogens with two attached hydrogens (primary N) is 1. The first-order chi connectivity index (χ1) is 10.1. The summed E-state index contributed by atoms with van der Waals surface area (Å²) in [5.74, 6) is 1.47. The van der Waals surface area contributed by atoms with Crippen LogP contribution in [-0.2, 0) is 0 Å². The van der Waals surface area contributed by atoms with Crippen LogP contribution in [0.2, 0.25) is 0 Å². The van der Waals surface area contributed by atoms with Crippen LogP contribution in [0.5, 0.6) is 0 Å². The molecule has 0 aliphatic carbocycles. The lowest BCUT2D eigenvalue weighted by atomic mass is 9.95. The Morgan fingerprint density at radius 3 is 2.86 bits per heavy atom. The van der Waals surface area contributed by atoms with Crippen molar-refractivity contribution >= 4 is 38.1 Å². The van der Waals surface area contributed by atoms with Crippen LogP contribution in [0.15, 0.2) is 50.5 Å². The summed E-state index contributed by atoms with van der Waals surface area (Å²) in [7, 11) is 0. The number of allylic oxidation sites excluding steroid dienone is 2. The summed E-state index contributed by atoms with van der Waals surface area (Å²) in [6.45, 7) is 6.47. The molecule has 110 valence electrons. The first-order valence-corrected chi connectivity index (χ1v) is 9.27. The van der Waals surface area contributed by atoms with Gasteiger partial charge in [0.15, 0.2) is 5.84 Å². The van der Waals surface area contributed by atoms with Crippen molar-refractivity contribution in [3.63, 3.8) is 0 Å². The van der Waals surface area contributed by atoms with Crippen LogP contribution in [0, 0.1) is 5.92 Å². The molecule has 3 rings (SSSR count). The number of fused-ring (bicyclic) bond motifs is 3. The van der Waals surface area contributed by atoms with Gasteiger partial charge in [-0.25, -0.2) is 0 Å². The standard InChI is InChI=1S/C16H19IN4/c1-4-13(18)12-9-15-19-20-17-16(10(2)3)21(15)14-8-6-5-7-11(12)14/h4-10,16H,18H2,1-3H3/b13-4-. The third-order valence-corrected chi connectivity index (χ3v) is 6.71. The van der Waals surface area contributed by atoms with Gasteiger partial charge in [0, 0.05) is 37.9 Å². The molecule has 0 spiro atoms. The summed E-state index contributed by atoms with van der Waals surface area (Å²) in [6.07, 6.45) is 4.01. The van der Waals surface area contributed by atoms with Gasteiger partial charge in [0.2, 0.25) is 0 Å². The predicted molar refractivity (Wildman–Crippen MR) is 97.4 cm³/mol. The van der Waals surface area contributed by atoms with Gasteiger partial charge in [0.25, 0.3) is 0 Å². The highest BCUT2D eigenvalue weighted by atomic mass is 127. The molecule has 1 aromatic rings. The largest absolute Gasteiger partial charge is 0.398 e. The Bertz CT molecular complexity index is 685. The van der Waals surface area contributed by atoms with E-state index in [1.165, 1.54) is 11.3 Å². The van der Waals surface area contributed by atoms with E-state index < -0.39 is 0 Å². The molecule has 21 heavy (non-hydrogen) atoms. The number of anilines is 1. The highest BCUT2D eigenvalue weighted by Gasteiger charge is 2.33. The van der Waals surface area contributed by atoms with Crippen LogP contribution in [0.1, 0.15) is 26.3 Å². The Hall–Kier alpha value is -1.50. The van der Waals surface area contributed by atoms with E-state index in [0.29, 0.717) is 9.97 Å². The molecule has 4 nitrogen and oxygen atoms in total. The Morgan fingerprint density at radius 1 is 1.38 bits per heavy atom. The van der Waals surface area contributed by atoms with Crippen LogP contribution >= 0.6 is 21.0 Å². The number of hydrogen-bond acceptors (Lipinski definition) is 4. The van der Waals surface area contributed by atoms with E-state index in [1.54, 1.807) is 0 Å². The minimum atomic E-state index is -0.309. The summed E-state index contributed by atoms with van der Waals surface area (Å²) in [4.78, 5) is 2.35. The van der Waals surface area contributed by atoms with Crippen LogP contribution in [0.25, 0.3) is 5.57 Å². The number of nitrogens with zero attached hydrogens (tertiary/aromatic N) is 3. The Morgan fingerprint density at radius 2 is 2.14 bits per heavy atom. The fourth-order valence-corrected chi connectivity index (χ4v) is 4.68. The molecule has 0 fully saturated rings. The third kappa shape index (κ3) is 2.43. The molecule has 2 aliphatic heterocycles. The Labute approximate surface area is 135 Å². The second-order valence-electron chi connectivity index (χ2n) is 5.44. The van der Waals surface area contributed by atoms with Gasteiger partial charge < -0.3 is 10.6 Å². The molecule has 1 unspecified atom stereocenters. The second-order valence-corrected chi connectivity index (χ2v) is 7.70. The maximum absolute atomic E-state index is 6.17. The normalized spacial score (nSPS) is 21.2. The van der Waals surface area contributed by atoms with Gasteiger partial charge in [-0.15, -0.1) is 8.36 Å². The molecule has 0 radical (unpaired) electrons. The number of benzene rings is 1. The van der Waals surface area contributed by atoms with E-state index in [0.717, 1.165) is 17.1 Å². The van der Waals surface area contributed by atoms with Crippen molar-refractivity contribution in [1.82, 2.24) is 0 Å². The lowest BCUT2D eigenvalue weighted by molar-refractivity contribution is 0.634. The van der Waals surface area contributed by atoms with E-state index in [1.807, 2.05) is 13.0 Å². The quantitative estimate of drug-likeness (QED) is 0.464. The summed E-state index contributed by atoms with van der Waals surface area (Å²) in [5, 5.41) is 4.41. The minimum absolute atomic E-state index is 0.309. The van der Waals surface area contributed by atoms with Gasteiger partial charge in [-0.05, 0) is 25.0 Å². The molecule has 0 aromatic heterocycles. The van der Waals surface area contributed by atoms with E-state index in [4.69, 9.17) is 5.73 Å². The van der Waals surface area contributed by atoms with Gasteiger partial charge in [-0.1, -0.05) is 38.1 Å². The van der Waals surface area contributed by atoms with Crippen molar-refractivity contribution in [3.8, 4) is 0 Å². The van der Waals surface area contributed by atoms with Crippen LogP contribution in [0.4, 0.5) is 5.69 Å². The first-order valence-electron chi connectivity index (χ1n) is 7.06. The molecule has 0 bridgehead atoms. The monoisotopic (exact) mass is 394 g/mol. The molecule has 2 heterocycles. The summed E-state index contributed by atoms with van der Waals surface area (Å²) in [5.41, 5.74) is 10.4. The first kappa shape index (κ1) is 14.4. The lowest BCUT2D eigenvalue weighted by Gasteiger charge is -2.38. The molecule has 1 atom stereocenters. The molecule has 0 saturated heterocycles. The number of halogens is 1. The maximum atomic E-state index is 6.17. The Balaban J connectivity index is 2.21. The van der Waals surface area contributed by atoms with Gasteiger partial charge in [-0.2, -0.15) is 0 Å². The average molecular weight is 394 g/mol. The van der Waals surface area contributed by atoms with Crippen molar-refractivity contribution in [1.29, 1.82) is 0 Å². The SMILES string of the molecule is C/C=C(\N)C1=CC2=NN=IC(C(C)C)N2c2ccccc21. The fourth-order valence-electron chi connectivity index (χ4n) is 2.60. The number of amidine groups is 1. The van der Waals surface area contributed by atoms with E-state index in [9.17, 15) is 0 Å². The highest BCUT2D eigenvalue weighted by Crippen LogP contribution is 2.41. The molecule has 1 aromatic carbocycles. The smallest absolute Gasteiger partial charge is 0.157 e. The minimum Gasteiger partial charge on any atom is -0.398 e. The fraction of sp³-hybridized carbons (Fsp3) is 0.312. The average Bonchev–Trinajstić information content (AvgIpc) is 2.52. The van der Waals surface area contributed by atoms with Gasteiger partial charge in [-0.3, -0.25) is 0 Å². The third-order valence-electron chi connectivity index (χ3n) is 3.68. The summed E-state index contributed by atoms with van der Waals surface area (Å²) in [6, 6.07) is 8.43. The molecule has 0 saturated carbocycles. The highest BCUT2D eigenvalue weighted by molar-refractivity contribution is 14.2. The van der Waals surface area contributed by atoms with Gasteiger partial charge in [0.05, 0.1) is 5.69 Å². The summed E-state index contributed by atoms with van der Waals surface area (Å²) >= 11 is -0.309. The zero-order valence-electron chi connectivity index (χ0n) is 12.4. The Kier molecular flexibility index (Phi) is 3.93. The maximum Gasteiger partial charge on any atom is 0.157 e. The molecular weight excluding hydrogens is 375 g/mol. The van der Waals surface area contributed by atoms with E-state index >= 15 is 0 Å². The predicted octanol–water partition coefficient (Wildman–Crippen LogP) is 4.22. The van der Waals surface area contributed by atoms with Crippen molar-refractivity contribution in [2.45, 2.75) is 24.8 Å². The lowest BCUT2D eigenvalue weighted by Crippen LogP contribution is -2.42. The van der Waals surface area contributed by atoms with Crippen molar-refractivity contribution in [2.24, 2.45) is 20.0 Å². The number of alkyl halides is 1. The molecule has 5 heteroatoms. The van der Waals surface area contributed by atoms with Crippen molar-refractivity contribution in [2.75, 3.05) is 4.90 Å². The van der Waals surface area contributed by atoms with Crippen LogP contribution in [-0.4, -0.2) is 9.88 Å². The molecule has 0 amide bonds. The topological polar surface area (TPSA) is 54.0 Å². The van der Waals surface area contributed by atoms with Gasteiger partial charge in [0.1, 0.15) is 4.05 Å². The van der Waals surface area contributed by atoms with Crippen molar-refractivity contribution in [3.05, 3.63) is 47.7 Å². The summed E-state index contributed by atoms with van der Waals surface area (Å²) < 4.78 is 4.85. The number of rotatable bonds is 2.